The monoisotopic (exact) mass is 332 g/mol. The zero-order valence-electron chi connectivity index (χ0n) is 16.0. The van der Waals surface area contributed by atoms with Crippen molar-refractivity contribution in [3.8, 4) is 0 Å². The minimum absolute atomic E-state index is 0.0386. The molecule has 5 heteroatoms. The van der Waals surface area contributed by atoms with E-state index in [0.29, 0.717) is 0 Å². The molecule has 2 rings (SSSR count). The van der Waals surface area contributed by atoms with E-state index in [1.807, 2.05) is 31.7 Å². The molecule has 0 bridgehead atoms. The number of carbonyl (C=O) groups is 1. The number of nitrogens with zero attached hydrogens (tertiary/aromatic N) is 3. The molecule has 5 nitrogen and oxygen atoms in total. The van der Waals surface area contributed by atoms with E-state index in [9.17, 15) is 4.79 Å². The topological polar surface area (TPSA) is 50.2 Å². The lowest BCUT2D eigenvalue weighted by Gasteiger charge is -2.36. The molecule has 24 heavy (non-hydrogen) atoms. The van der Waals surface area contributed by atoms with E-state index >= 15 is 0 Å². The first-order valence-electron chi connectivity index (χ1n) is 8.97. The van der Waals surface area contributed by atoms with E-state index in [0.717, 1.165) is 48.4 Å². The zero-order chi connectivity index (χ0) is 17.9. The van der Waals surface area contributed by atoms with Crippen LogP contribution in [0.2, 0.25) is 0 Å². The lowest BCUT2D eigenvalue weighted by atomic mass is 9.92. The molecular formula is C19H32N4O. The van der Waals surface area contributed by atoms with E-state index in [-0.39, 0.29) is 11.9 Å². The third-order valence-corrected chi connectivity index (χ3v) is 4.83. The third kappa shape index (κ3) is 4.94. The number of piperidine rings is 1. The Balaban J connectivity index is 1.86. The van der Waals surface area contributed by atoms with Crippen molar-refractivity contribution in [2.24, 2.45) is 18.9 Å². The summed E-state index contributed by atoms with van der Waals surface area (Å²) in [4.78, 5) is 14.7. The Morgan fingerprint density at radius 1 is 1.33 bits per heavy atom. The molecule has 134 valence electrons. The molecule has 0 aromatic carbocycles. The zero-order valence-corrected chi connectivity index (χ0v) is 16.0. The summed E-state index contributed by atoms with van der Waals surface area (Å²) >= 11 is 0. The van der Waals surface area contributed by atoms with Gasteiger partial charge in [0, 0.05) is 50.1 Å². The van der Waals surface area contributed by atoms with Crippen molar-refractivity contribution in [2.45, 2.75) is 47.1 Å². The number of rotatable bonds is 5. The van der Waals surface area contributed by atoms with Gasteiger partial charge in [-0.3, -0.25) is 9.48 Å². The molecule has 0 saturated carbocycles. The molecule has 3 unspecified atom stereocenters. The molecule has 3 atom stereocenters. The molecule has 0 spiro atoms. The van der Waals surface area contributed by atoms with E-state index in [1.54, 1.807) is 6.08 Å². The fourth-order valence-electron chi connectivity index (χ4n) is 3.86. The second-order valence-corrected chi connectivity index (χ2v) is 7.62. The molecule has 1 aromatic heterocycles. The molecule has 1 aliphatic heterocycles. The van der Waals surface area contributed by atoms with Crippen molar-refractivity contribution in [2.75, 3.05) is 19.6 Å². The average molecular weight is 332 g/mol. The standard InChI is InChI=1S/C19H32N4O/c1-13-9-14(2)11-23(10-13)12-15(3)20-19(24)8-7-18-16(4)21-22(6)17(18)5/h7-8,13-15H,9-12H2,1-6H3,(H,20,24)/b8-7+. The maximum absolute atomic E-state index is 12.2. The predicted octanol–water partition coefficient (Wildman–Crippen LogP) is 2.53. The van der Waals surface area contributed by atoms with Gasteiger partial charge >= 0.3 is 0 Å². The number of aryl methyl sites for hydroxylation is 2. The van der Waals surface area contributed by atoms with Gasteiger partial charge in [-0.15, -0.1) is 0 Å². The van der Waals surface area contributed by atoms with Crippen molar-refractivity contribution in [3.63, 3.8) is 0 Å². The fraction of sp³-hybridized carbons (Fsp3) is 0.684. The average Bonchev–Trinajstić information content (AvgIpc) is 2.68. The number of carbonyl (C=O) groups excluding carboxylic acids is 1. The first-order chi connectivity index (χ1) is 11.3. The van der Waals surface area contributed by atoms with Crippen LogP contribution in [0.15, 0.2) is 6.08 Å². The second kappa shape index (κ2) is 7.97. The number of hydrogen-bond acceptors (Lipinski definition) is 3. The van der Waals surface area contributed by atoms with Gasteiger partial charge in [0.2, 0.25) is 5.91 Å². The highest BCUT2D eigenvalue weighted by Gasteiger charge is 2.23. The largest absolute Gasteiger partial charge is 0.349 e. The normalized spacial score (nSPS) is 23.6. The van der Waals surface area contributed by atoms with Crippen LogP contribution in [0.25, 0.3) is 6.08 Å². The summed E-state index contributed by atoms with van der Waals surface area (Å²) in [6.07, 6.45) is 4.80. The minimum atomic E-state index is -0.0386. The lowest BCUT2D eigenvalue weighted by Crippen LogP contribution is -2.46. The molecule has 1 amide bonds. The Bertz CT molecular complexity index is 595. The first kappa shape index (κ1) is 18.7. The molecular weight excluding hydrogens is 300 g/mol. The summed E-state index contributed by atoms with van der Waals surface area (Å²) in [5, 5.41) is 7.45. The van der Waals surface area contributed by atoms with Crippen molar-refractivity contribution in [3.05, 3.63) is 23.0 Å². The molecule has 1 saturated heterocycles. The maximum atomic E-state index is 12.2. The highest BCUT2D eigenvalue weighted by Crippen LogP contribution is 2.20. The quantitative estimate of drug-likeness (QED) is 0.843. The van der Waals surface area contributed by atoms with Crippen LogP contribution in [0, 0.1) is 25.7 Å². The van der Waals surface area contributed by atoms with Gasteiger partial charge in [-0.25, -0.2) is 0 Å². The van der Waals surface area contributed by atoms with Crippen molar-refractivity contribution >= 4 is 12.0 Å². The Labute approximate surface area is 146 Å². The van der Waals surface area contributed by atoms with E-state index in [2.05, 4.69) is 36.1 Å². The summed E-state index contributed by atoms with van der Waals surface area (Å²) in [6, 6.07) is 0.149. The summed E-state index contributed by atoms with van der Waals surface area (Å²) in [7, 11) is 1.92. The first-order valence-corrected chi connectivity index (χ1v) is 8.97. The lowest BCUT2D eigenvalue weighted by molar-refractivity contribution is -0.117. The Morgan fingerprint density at radius 3 is 2.50 bits per heavy atom. The molecule has 1 fully saturated rings. The van der Waals surface area contributed by atoms with Crippen molar-refractivity contribution < 1.29 is 4.79 Å². The molecule has 1 N–H and O–H groups in total. The van der Waals surface area contributed by atoms with Gasteiger partial charge < -0.3 is 10.2 Å². The number of amides is 1. The Kier molecular flexibility index (Phi) is 6.21. The van der Waals surface area contributed by atoms with E-state index < -0.39 is 0 Å². The number of hydrogen-bond donors (Lipinski definition) is 1. The number of likely N-dealkylation sites (tertiary alicyclic amines) is 1. The molecule has 0 aliphatic carbocycles. The van der Waals surface area contributed by atoms with Crippen LogP contribution in [0.1, 0.15) is 44.1 Å². The minimum Gasteiger partial charge on any atom is -0.349 e. The Hall–Kier alpha value is -1.62. The van der Waals surface area contributed by atoms with E-state index in [1.165, 1.54) is 6.42 Å². The van der Waals surface area contributed by atoms with Gasteiger partial charge in [0.1, 0.15) is 0 Å². The van der Waals surface area contributed by atoms with Crippen LogP contribution in [0.4, 0.5) is 0 Å². The summed E-state index contributed by atoms with van der Waals surface area (Å²) < 4.78 is 1.84. The van der Waals surface area contributed by atoms with Crippen molar-refractivity contribution in [1.82, 2.24) is 20.0 Å². The molecule has 1 aliphatic rings. The van der Waals surface area contributed by atoms with Gasteiger partial charge in [-0.2, -0.15) is 5.10 Å². The highest BCUT2D eigenvalue weighted by molar-refractivity contribution is 5.92. The third-order valence-electron chi connectivity index (χ3n) is 4.83. The fourth-order valence-corrected chi connectivity index (χ4v) is 3.86. The van der Waals surface area contributed by atoms with Crippen LogP contribution in [0.3, 0.4) is 0 Å². The van der Waals surface area contributed by atoms with Gasteiger partial charge in [-0.05, 0) is 45.1 Å². The maximum Gasteiger partial charge on any atom is 0.244 e. The molecule has 0 radical (unpaired) electrons. The molecule has 2 heterocycles. The van der Waals surface area contributed by atoms with Gasteiger partial charge in [0.05, 0.1) is 5.69 Å². The highest BCUT2D eigenvalue weighted by atomic mass is 16.1. The molecule has 1 aromatic rings. The summed E-state index contributed by atoms with van der Waals surface area (Å²) in [6.45, 7) is 13.9. The SMILES string of the molecule is Cc1nn(C)c(C)c1/C=C/C(=O)NC(C)CN1CC(C)CC(C)C1. The van der Waals surface area contributed by atoms with Crippen LogP contribution in [-0.4, -0.2) is 46.3 Å². The second-order valence-electron chi connectivity index (χ2n) is 7.62. The van der Waals surface area contributed by atoms with Crippen LogP contribution in [0.5, 0.6) is 0 Å². The predicted molar refractivity (Wildman–Crippen MR) is 98.7 cm³/mol. The summed E-state index contributed by atoms with van der Waals surface area (Å²) in [5.74, 6) is 1.45. The smallest absolute Gasteiger partial charge is 0.244 e. The van der Waals surface area contributed by atoms with Crippen LogP contribution < -0.4 is 5.32 Å². The van der Waals surface area contributed by atoms with Crippen LogP contribution >= 0.6 is 0 Å². The van der Waals surface area contributed by atoms with Crippen LogP contribution in [-0.2, 0) is 11.8 Å². The van der Waals surface area contributed by atoms with Gasteiger partial charge in [0.15, 0.2) is 0 Å². The van der Waals surface area contributed by atoms with E-state index in [4.69, 9.17) is 0 Å². The van der Waals surface area contributed by atoms with Crippen molar-refractivity contribution in [1.29, 1.82) is 0 Å². The summed E-state index contributed by atoms with van der Waals surface area (Å²) in [5.41, 5.74) is 3.04. The number of nitrogens with one attached hydrogen (secondary N) is 1. The number of aromatic nitrogens is 2. The van der Waals surface area contributed by atoms with Gasteiger partial charge in [0.25, 0.3) is 0 Å². The van der Waals surface area contributed by atoms with Gasteiger partial charge in [-0.1, -0.05) is 13.8 Å². The Morgan fingerprint density at radius 2 is 1.96 bits per heavy atom.